The van der Waals surface area contributed by atoms with E-state index in [1.807, 2.05) is 60.7 Å². The highest BCUT2D eigenvalue weighted by atomic mass is 32.1. The maximum absolute atomic E-state index is 12.8. The summed E-state index contributed by atoms with van der Waals surface area (Å²) >= 11 is 1.38. The Balaban J connectivity index is 1.48. The molecule has 1 fully saturated rings. The largest absolute Gasteiger partial charge is 0.443 e. The molecule has 166 valence electrons. The molecule has 2 N–H and O–H groups in total. The standard InChI is InChI=1S/C24H25N3O4S/c25-19(11-17-7-3-1-4-8-17)13-22-21(12-18-9-5-2-6-10-18)27(24(29)31-22)23(28)30-15-20-14-26-16-32-20/h1-10,14,16,19,21-22H,11-13,15,25H2/t19-,21-,22-/m0/s1. The van der Waals surface area contributed by atoms with Crippen LogP contribution in [0.25, 0.3) is 0 Å². The lowest BCUT2D eigenvalue weighted by Gasteiger charge is -2.24. The van der Waals surface area contributed by atoms with Gasteiger partial charge in [0, 0.05) is 18.7 Å². The second-order valence-corrected chi connectivity index (χ2v) is 8.73. The summed E-state index contributed by atoms with van der Waals surface area (Å²) in [6, 6.07) is 18.9. The van der Waals surface area contributed by atoms with E-state index < -0.39 is 24.3 Å². The van der Waals surface area contributed by atoms with Gasteiger partial charge >= 0.3 is 12.2 Å². The second kappa shape index (κ2) is 10.4. The number of rotatable bonds is 8. The normalized spacial score (nSPS) is 18.9. The van der Waals surface area contributed by atoms with Gasteiger partial charge in [0.2, 0.25) is 0 Å². The summed E-state index contributed by atoms with van der Waals surface area (Å²) < 4.78 is 11.0. The van der Waals surface area contributed by atoms with Gasteiger partial charge in [0.1, 0.15) is 12.7 Å². The van der Waals surface area contributed by atoms with Gasteiger partial charge in [-0.25, -0.2) is 14.5 Å². The molecule has 1 saturated heterocycles. The molecule has 0 radical (unpaired) electrons. The van der Waals surface area contributed by atoms with Gasteiger partial charge in [-0.3, -0.25) is 4.98 Å². The molecule has 0 spiro atoms. The number of thiazole rings is 1. The number of nitrogens with zero attached hydrogens (tertiary/aromatic N) is 2. The van der Waals surface area contributed by atoms with E-state index in [2.05, 4.69) is 4.98 Å². The smallest absolute Gasteiger partial charge is 0.420 e. The summed E-state index contributed by atoms with van der Waals surface area (Å²) in [5, 5.41) is 0. The molecule has 0 unspecified atom stereocenters. The van der Waals surface area contributed by atoms with Crippen molar-refractivity contribution in [2.45, 2.75) is 44.1 Å². The molecule has 1 aliphatic heterocycles. The molecule has 0 saturated carbocycles. The van der Waals surface area contributed by atoms with Crippen LogP contribution in [-0.4, -0.2) is 40.3 Å². The highest BCUT2D eigenvalue weighted by Gasteiger charge is 2.46. The van der Waals surface area contributed by atoms with E-state index in [9.17, 15) is 9.59 Å². The Morgan fingerprint density at radius 2 is 1.81 bits per heavy atom. The third-order valence-electron chi connectivity index (χ3n) is 5.39. The van der Waals surface area contributed by atoms with Crippen LogP contribution in [0.15, 0.2) is 72.4 Å². The van der Waals surface area contributed by atoms with E-state index in [1.54, 1.807) is 11.7 Å². The van der Waals surface area contributed by atoms with Gasteiger partial charge in [-0.2, -0.15) is 0 Å². The zero-order valence-electron chi connectivity index (χ0n) is 17.5. The minimum absolute atomic E-state index is 0.0591. The summed E-state index contributed by atoms with van der Waals surface area (Å²) in [6.45, 7) is 0.0591. The number of hydrogen-bond donors (Lipinski definition) is 1. The van der Waals surface area contributed by atoms with Crippen molar-refractivity contribution in [3.8, 4) is 0 Å². The van der Waals surface area contributed by atoms with Crippen molar-refractivity contribution in [3.05, 3.63) is 88.4 Å². The van der Waals surface area contributed by atoms with Crippen LogP contribution in [0.2, 0.25) is 0 Å². The van der Waals surface area contributed by atoms with Gasteiger partial charge < -0.3 is 15.2 Å². The lowest BCUT2D eigenvalue weighted by molar-refractivity contribution is 0.0983. The van der Waals surface area contributed by atoms with Crippen LogP contribution in [0.3, 0.4) is 0 Å². The Labute approximate surface area is 190 Å². The third-order valence-corrected chi connectivity index (χ3v) is 6.14. The van der Waals surface area contributed by atoms with Crippen molar-refractivity contribution in [1.29, 1.82) is 0 Å². The molecule has 2 heterocycles. The van der Waals surface area contributed by atoms with Gasteiger partial charge in [0.25, 0.3) is 0 Å². The molecular formula is C24H25N3O4S. The third kappa shape index (κ3) is 5.52. The summed E-state index contributed by atoms with van der Waals surface area (Å²) in [7, 11) is 0. The van der Waals surface area contributed by atoms with Gasteiger partial charge in [0.05, 0.1) is 16.4 Å². The predicted molar refractivity (Wildman–Crippen MR) is 121 cm³/mol. The Hall–Kier alpha value is -3.23. The molecule has 4 rings (SSSR count). The van der Waals surface area contributed by atoms with Crippen molar-refractivity contribution in [2.24, 2.45) is 5.73 Å². The molecule has 1 aliphatic rings. The molecule has 0 aliphatic carbocycles. The number of amides is 2. The summed E-state index contributed by atoms with van der Waals surface area (Å²) in [5.74, 6) is 0. The minimum Gasteiger partial charge on any atom is -0.443 e. The van der Waals surface area contributed by atoms with Crippen molar-refractivity contribution < 1.29 is 19.1 Å². The lowest BCUT2D eigenvalue weighted by atomic mass is 9.94. The number of hydrogen-bond acceptors (Lipinski definition) is 7. The fourth-order valence-corrected chi connectivity index (χ4v) is 4.38. The van der Waals surface area contributed by atoms with Crippen LogP contribution >= 0.6 is 11.3 Å². The molecule has 32 heavy (non-hydrogen) atoms. The van der Waals surface area contributed by atoms with Gasteiger partial charge in [-0.1, -0.05) is 60.7 Å². The van der Waals surface area contributed by atoms with Crippen molar-refractivity contribution >= 4 is 23.5 Å². The van der Waals surface area contributed by atoms with Crippen LogP contribution in [-0.2, 0) is 28.9 Å². The van der Waals surface area contributed by atoms with E-state index in [1.165, 1.54) is 11.3 Å². The number of nitrogens with two attached hydrogens (primary N) is 1. The second-order valence-electron chi connectivity index (χ2n) is 7.76. The number of carbonyl (C=O) groups is 2. The molecule has 2 aromatic carbocycles. The Morgan fingerprint density at radius 1 is 1.12 bits per heavy atom. The molecule has 3 aromatic rings. The first-order valence-corrected chi connectivity index (χ1v) is 11.4. The first kappa shape index (κ1) is 22.0. The molecule has 7 nitrogen and oxygen atoms in total. The van der Waals surface area contributed by atoms with Crippen LogP contribution in [0.5, 0.6) is 0 Å². The number of imide groups is 1. The Bertz CT molecular complexity index is 1010. The average Bonchev–Trinajstić information content (AvgIpc) is 3.41. The van der Waals surface area contributed by atoms with E-state index >= 15 is 0 Å². The zero-order valence-corrected chi connectivity index (χ0v) is 18.3. The molecule has 2 amide bonds. The number of carbonyl (C=O) groups excluding carboxylic acids is 2. The highest BCUT2D eigenvalue weighted by Crippen LogP contribution is 2.28. The lowest BCUT2D eigenvalue weighted by Crippen LogP contribution is -2.44. The van der Waals surface area contributed by atoms with E-state index in [-0.39, 0.29) is 12.6 Å². The SMILES string of the molecule is N[C@@H](Cc1ccccc1)C[C@@H]1OC(=O)N(C(=O)OCc2cncs2)[C@H]1Cc1ccccc1. The quantitative estimate of drug-likeness (QED) is 0.552. The van der Waals surface area contributed by atoms with E-state index in [4.69, 9.17) is 15.2 Å². The minimum atomic E-state index is -0.719. The topological polar surface area (TPSA) is 94.8 Å². The summed E-state index contributed by atoms with van der Waals surface area (Å²) in [4.78, 5) is 31.4. The monoisotopic (exact) mass is 451 g/mol. The fourth-order valence-electron chi connectivity index (χ4n) is 3.87. The average molecular weight is 452 g/mol. The summed E-state index contributed by atoms with van der Waals surface area (Å²) in [6.07, 6.45) is 1.26. The number of benzene rings is 2. The van der Waals surface area contributed by atoms with Crippen molar-refractivity contribution in [1.82, 2.24) is 9.88 Å². The fraction of sp³-hybridized carbons (Fsp3) is 0.292. The number of ether oxygens (including phenoxy) is 2. The maximum Gasteiger partial charge on any atom is 0.420 e. The molecule has 0 bridgehead atoms. The van der Waals surface area contributed by atoms with Crippen molar-refractivity contribution in [3.63, 3.8) is 0 Å². The molecule has 8 heteroatoms. The highest BCUT2D eigenvalue weighted by molar-refractivity contribution is 7.09. The number of cyclic esters (lactones) is 1. The first-order chi connectivity index (χ1) is 15.6. The van der Waals surface area contributed by atoms with Gasteiger partial charge in [-0.15, -0.1) is 11.3 Å². The molecule has 3 atom stereocenters. The van der Waals surface area contributed by atoms with Crippen LogP contribution in [0, 0.1) is 0 Å². The Morgan fingerprint density at radius 3 is 2.47 bits per heavy atom. The summed E-state index contributed by atoms with van der Waals surface area (Å²) in [5.41, 5.74) is 10.2. The Kier molecular flexibility index (Phi) is 7.14. The molecule has 1 aromatic heterocycles. The van der Waals surface area contributed by atoms with E-state index in [0.717, 1.165) is 20.9 Å². The van der Waals surface area contributed by atoms with E-state index in [0.29, 0.717) is 19.3 Å². The van der Waals surface area contributed by atoms with Crippen LogP contribution < -0.4 is 5.73 Å². The molecular weight excluding hydrogens is 426 g/mol. The van der Waals surface area contributed by atoms with Crippen molar-refractivity contribution in [2.75, 3.05) is 0 Å². The number of aromatic nitrogens is 1. The van der Waals surface area contributed by atoms with Crippen LogP contribution in [0.4, 0.5) is 9.59 Å². The van der Waals surface area contributed by atoms with Gasteiger partial charge in [-0.05, 0) is 24.0 Å². The zero-order chi connectivity index (χ0) is 22.3. The van der Waals surface area contributed by atoms with Gasteiger partial charge in [0.15, 0.2) is 0 Å². The maximum atomic E-state index is 12.8. The predicted octanol–water partition coefficient (Wildman–Crippen LogP) is 4.17. The van der Waals surface area contributed by atoms with Crippen LogP contribution in [0.1, 0.15) is 22.4 Å². The first-order valence-electron chi connectivity index (χ1n) is 10.5.